The molecule has 0 saturated heterocycles. The summed E-state index contributed by atoms with van der Waals surface area (Å²) in [4.78, 5) is 13.9. The van der Waals surface area contributed by atoms with Crippen LogP contribution in [0.4, 0.5) is 4.79 Å². The maximum Gasteiger partial charge on any atom is 0.407 e. The van der Waals surface area contributed by atoms with Gasteiger partial charge in [-0.15, -0.1) is 11.3 Å². The summed E-state index contributed by atoms with van der Waals surface area (Å²) in [6.45, 7) is 2.35. The van der Waals surface area contributed by atoms with E-state index < -0.39 is 6.09 Å². The lowest BCUT2D eigenvalue weighted by atomic mass is 9.99. The number of hydrogen-bond donors (Lipinski definition) is 1. The lowest BCUT2D eigenvalue weighted by Crippen LogP contribution is -2.41. The number of hydrogen-bond acceptors (Lipinski definition) is 3. The average Bonchev–Trinajstić information content (AvgIpc) is 2.93. The molecule has 2 aromatic heterocycles. The molecule has 0 fully saturated rings. The van der Waals surface area contributed by atoms with E-state index in [1.54, 1.807) is 11.3 Å². The molecular formula is C13H15N3O2S. The number of nitrogens with zero attached hydrogens (tertiary/aromatic N) is 3. The van der Waals surface area contributed by atoms with E-state index in [9.17, 15) is 9.90 Å². The molecule has 2 aromatic rings. The first kappa shape index (κ1) is 12.2. The lowest BCUT2D eigenvalue weighted by molar-refractivity contribution is 0.119. The molecule has 0 saturated carbocycles. The highest BCUT2D eigenvalue weighted by atomic mass is 32.1. The Balaban J connectivity index is 2.09. The molecule has 0 unspecified atom stereocenters. The predicted octanol–water partition coefficient (Wildman–Crippen LogP) is 2.57. The largest absolute Gasteiger partial charge is 0.465 e. The van der Waals surface area contributed by atoms with Crippen LogP contribution in [0.15, 0.2) is 17.5 Å². The summed E-state index contributed by atoms with van der Waals surface area (Å²) in [5.41, 5.74) is 3.12. The molecule has 100 valence electrons. The van der Waals surface area contributed by atoms with Gasteiger partial charge in [0.2, 0.25) is 0 Å². The van der Waals surface area contributed by atoms with Gasteiger partial charge in [0.15, 0.2) is 0 Å². The van der Waals surface area contributed by atoms with Gasteiger partial charge in [-0.1, -0.05) is 6.07 Å². The van der Waals surface area contributed by atoms with Crippen molar-refractivity contribution in [3.8, 4) is 10.6 Å². The Hall–Kier alpha value is -1.82. The van der Waals surface area contributed by atoms with Crippen molar-refractivity contribution in [2.75, 3.05) is 0 Å². The van der Waals surface area contributed by atoms with E-state index in [0.29, 0.717) is 13.0 Å². The highest BCUT2D eigenvalue weighted by Gasteiger charge is 2.31. The molecular weight excluding hydrogens is 262 g/mol. The summed E-state index contributed by atoms with van der Waals surface area (Å²) < 4.78 is 1.87. The summed E-state index contributed by atoms with van der Waals surface area (Å²) in [7, 11) is 1.92. The smallest absolute Gasteiger partial charge is 0.407 e. The van der Waals surface area contributed by atoms with Crippen molar-refractivity contribution in [1.29, 1.82) is 0 Å². The average molecular weight is 277 g/mol. The zero-order valence-electron chi connectivity index (χ0n) is 10.8. The molecule has 0 bridgehead atoms. The van der Waals surface area contributed by atoms with Crippen LogP contribution in [-0.2, 0) is 20.0 Å². The molecule has 3 heterocycles. The van der Waals surface area contributed by atoms with Gasteiger partial charge in [0.25, 0.3) is 0 Å². The number of rotatable bonds is 1. The first-order chi connectivity index (χ1) is 9.08. The first-order valence-electron chi connectivity index (χ1n) is 6.16. The van der Waals surface area contributed by atoms with E-state index in [0.717, 1.165) is 21.8 Å². The van der Waals surface area contributed by atoms with Gasteiger partial charge < -0.3 is 10.0 Å². The number of aryl methyl sites for hydroxylation is 1. The van der Waals surface area contributed by atoms with Crippen LogP contribution < -0.4 is 0 Å². The highest BCUT2D eigenvalue weighted by Crippen LogP contribution is 2.34. The van der Waals surface area contributed by atoms with Gasteiger partial charge in [0, 0.05) is 25.1 Å². The Labute approximate surface area is 115 Å². The number of thiophene rings is 1. The van der Waals surface area contributed by atoms with Gasteiger partial charge in [-0.05, 0) is 18.4 Å². The Morgan fingerprint density at radius 2 is 2.37 bits per heavy atom. The van der Waals surface area contributed by atoms with Crippen LogP contribution in [0.2, 0.25) is 0 Å². The minimum atomic E-state index is -0.862. The maximum absolute atomic E-state index is 11.3. The number of carbonyl (C=O) groups is 1. The molecule has 1 aliphatic heterocycles. The molecule has 1 N–H and O–H groups in total. The van der Waals surface area contributed by atoms with Crippen molar-refractivity contribution in [1.82, 2.24) is 14.7 Å². The van der Waals surface area contributed by atoms with Crippen molar-refractivity contribution in [3.63, 3.8) is 0 Å². The number of aromatic nitrogens is 2. The fourth-order valence-corrected chi connectivity index (χ4v) is 3.48. The molecule has 1 amide bonds. The van der Waals surface area contributed by atoms with Crippen LogP contribution in [0.25, 0.3) is 10.6 Å². The molecule has 0 radical (unpaired) electrons. The Kier molecular flexibility index (Phi) is 2.82. The van der Waals surface area contributed by atoms with Gasteiger partial charge in [0.05, 0.1) is 22.8 Å². The van der Waals surface area contributed by atoms with Crippen LogP contribution in [0.1, 0.15) is 18.2 Å². The quantitative estimate of drug-likeness (QED) is 0.871. The third-order valence-corrected chi connectivity index (χ3v) is 4.45. The summed E-state index contributed by atoms with van der Waals surface area (Å²) in [5, 5.41) is 15.8. The van der Waals surface area contributed by atoms with E-state index in [4.69, 9.17) is 0 Å². The first-order valence-corrected chi connectivity index (χ1v) is 7.04. The summed E-state index contributed by atoms with van der Waals surface area (Å²) in [6, 6.07) is 4.03. The minimum Gasteiger partial charge on any atom is -0.465 e. The monoisotopic (exact) mass is 277 g/mol. The molecule has 0 aliphatic carbocycles. The molecule has 5 nitrogen and oxygen atoms in total. The molecule has 19 heavy (non-hydrogen) atoms. The normalized spacial score (nSPS) is 18.4. The van der Waals surface area contributed by atoms with E-state index in [1.807, 2.05) is 36.2 Å². The molecule has 0 aromatic carbocycles. The van der Waals surface area contributed by atoms with Crippen molar-refractivity contribution in [2.24, 2.45) is 7.05 Å². The van der Waals surface area contributed by atoms with Crippen LogP contribution in [0.3, 0.4) is 0 Å². The van der Waals surface area contributed by atoms with Crippen LogP contribution in [0.5, 0.6) is 0 Å². The Morgan fingerprint density at radius 3 is 3.00 bits per heavy atom. The third kappa shape index (κ3) is 1.92. The highest BCUT2D eigenvalue weighted by molar-refractivity contribution is 7.13. The van der Waals surface area contributed by atoms with Crippen LogP contribution in [0, 0.1) is 0 Å². The minimum absolute atomic E-state index is 0.0175. The van der Waals surface area contributed by atoms with Crippen molar-refractivity contribution < 1.29 is 9.90 Å². The van der Waals surface area contributed by atoms with E-state index in [2.05, 4.69) is 5.10 Å². The number of fused-ring (bicyclic) bond motifs is 1. The van der Waals surface area contributed by atoms with Crippen molar-refractivity contribution in [3.05, 3.63) is 28.8 Å². The standard InChI is InChI=1S/C13H15N3O2S/c1-8-6-10-9(7-16(8)13(17)18)12(15(2)14-10)11-4-3-5-19-11/h3-5,8H,6-7H2,1-2H3,(H,17,18)/t8-/m0/s1. The zero-order chi connectivity index (χ0) is 13.6. The summed E-state index contributed by atoms with van der Waals surface area (Å²) >= 11 is 1.65. The third-order valence-electron chi connectivity index (χ3n) is 3.58. The Morgan fingerprint density at radius 1 is 1.58 bits per heavy atom. The summed E-state index contributed by atoms with van der Waals surface area (Å²) in [6.07, 6.45) is -0.181. The van der Waals surface area contributed by atoms with Gasteiger partial charge in [0.1, 0.15) is 0 Å². The van der Waals surface area contributed by atoms with Gasteiger partial charge >= 0.3 is 6.09 Å². The second kappa shape index (κ2) is 4.38. The molecule has 1 aliphatic rings. The molecule has 1 atom stereocenters. The molecule has 6 heteroatoms. The topological polar surface area (TPSA) is 58.4 Å². The molecule has 3 rings (SSSR count). The zero-order valence-corrected chi connectivity index (χ0v) is 11.6. The number of amides is 1. The lowest BCUT2D eigenvalue weighted by Gasteiger charge is -2.30. The Bertz CT molecular complexity index is 618. The van der Waals surface area contributed by atoms with Crippen LogP contribution in [-0.4, -0.2) is 31.9 Å². The van der Waals surface area contributed by atoms with Crippen molar-refractivity contribution in [2.45, 2.75) is 25.9 Å². The van der Waals surface area contributed by atoms with E-state index in [1.165, 1.54) is 4.90 Å². The SMILES string of the molecule is C[C@H]1Cc2nn(C)c(-c3cccs3)c2CN1C(=O)O. The predicted molar refractivity (Wildman–Crippen MR) is 73.3 cm³/mol. The summed E-state index contributed by atoms with van der Waals surface area (Å²) in [5.74, 6) is 0. The van der Waals surface area contributed by atoms with Crippen LogP contribution >= 0.6 is 11.3 Å². The van der Waals surface area contributed by atoms with E-state index in [-0.39, 0.29) is 6.04 Å². The second-order valence-corrected chi connectivity index (χ2v) is 5.79. The fraction of sp³-hybridized carbons (Fsp3) is 0.385. The van der Waals surface area contributed by atoms with Gasteiger partial charge in [-0.3, -0.25) is 4.68 Å². The van der Waals surface area contributed by atoms with E-state index >= 15 is 0 Å². The van der Waals surface area contributed by atoms with Crippen molar-refractivity contribution >= 4 is 17.4 Å². The number of carboxylic acid groups (broad SMARTS) is 1. The maximum atomic E-state index is 11.3. The van der Waals surface area contributed by atoms with Gasteiger partial charge in [-0.2, -0.15) is 5.10 Å². The fourth-order valence-electron chi connectivity index (χ4n) is 2.65. The van der Waals surface area contributed by atoms with Gasteiger partial charge in [-0.25, -0.2) is 4.79 Å². The molecule has 0 spiro atoms. The second-order valence-electron chi connectivity index (χ2n) is 4.84.